The minimum absolute atomic E-state index is 0.0747. The van der Waals surface area contributed by atoms with Crippen LogP contribution in [-0.2, 0) is 17.9 Å². The number of carbonyl (C=O) groups is 1. The van der Waals surface area contributed by atoms with Crippen molar-refractivity contribution in [3.05, 3.63) is 68.8 Å². The number of hydrogen-bond donors (Lipinski definition) is 1. The van der Waals surface area contributed by atoms with Gasteiger partial charge in [0.25, 0.3) is 10.7 Å². The van der Waals surface area contributed by atoms with Gasteiger partial charge in [-0.05, 0) is 42.9 Å². The molecule has 9 heteroatoms. The molecule has 0 aliphatic rings. The van der Waals surface area contributed by atoms with Gasteiger partial charge < -0.3 is 14.5 Å². The molecule has 3 aromatic rings. The van der Waals surface area contributed by atoms with Gasteiger partial charge in [0.1, 0.15) is 12.3 Å². The fraction of sp³-hybridized carbons (Fsp3) is 0.167. The lowest BCUT2D eigenvalue weighted by Gasteiger charge is -2.07. The maximum atomic E-state index is 12.2. The van der Waals surface area contributed by atoms with Gasteiger partial charge in [0.05, 0.1) is 15.7 Å². The summed E-state index contributed by atoms with van der Waals surface area (Å²) in [5, 5.41) is 7.46. The van der Waals surface area contributed by atoms with E-state index >= 15 is 0 Å². The monoisotopic (exact) mass is 423 g/mol. The van der Waals surface area contributed by atoms with Gasteiger partial charge in [-0.3, -0.25) is 4.79 Å². The lowest BCUT2D eigenvalue weighted by molar-refractivity contribution is -0.117. The van der Waals surface area contributed by atoms with E-state index in [2.05, 4.69) is 10.4 Å². The molecule has 140 valence electrons. The Morgan fingerprint density at radius 2 is 2.04 bits per heavy atom. The predicted molar refractivity (Wildman–Crippen MR) is 106 cm³/mol. The van der Waals surface area contributed by atoms with Crippen molar-refractivity contribution in [1.29, 1.82) is 0 Å². The van der Waals surface area contributed by atoms with Crippen molar-refractivity contribution in [2.45, 2.75) is 20.1 Å². The summed E-state index contributed by atoms with van der Waals surface area (Å²) in [6.07, 6.45) is 0. The van der Waals surface area contributed by atoms with Crippen molar-refractivity contribution in [2.24, 2.45) is 0 Å². The Kier molecular flexibility index (Phi) is 6.15. The Hall–Kier alpha value is -2.35. The average Bonchev–Trinajstić information content (AvgIpc) is 2.98. The van der Waals surface area contributed by atoms with Gasteiger partial charge in [-0.1, -0.05) is 47.5 Å². The summed E-state index contributed by atoms with van der Waals surface area (Å²) in [5.41, 5.74) is 1.40. The molecular formula is C18H15Cl2N3O3S. The van der Waals surface area contributed by atoms with E-state index in [1.165, 1.54) is 4.68 Å². The van der Waals surface area contributed by atoms with Crippen molar-refractivity contribution in [3.63, 3.8) is 0 Å². The van der Waals surface area contributed by atoms with Crippen LogP contribution in [0.4, 0.5) is 5.69 Å². The largest absolute Gasteiger partial charge is 0.484 e. The Bertz CT molecular complexity index is 1030. The van der Waals surface area contributed by atoms with E-state index in [0.29, 0.717) is 10.7 Å². The molecule has 0 atom stereocenters. The molecule has 6 nitrogen and oxygen atoms in total. The summed E-state index contributed by atoms with van der Waals surface area (Å²) in [6.45, 7) is 1.91. The van der Waals surface area contributed by atoms with E-state index in [4.69, 9.17) is 44.6 Å². The van der Waals surface area contributed by atoms with E-state index in [1.807, 2.05) is 31.2 Å². The molecule has 0 unspecified atom stereocenters. The lowest BCUT2D eigenvalue weighted by atomic mass is 10.2. The van der Waals surface area contributed by atoms with Gasteiger partial charge in [0.15, 0.2) is 6.61 Å². The summed E-state index contributed by atoms with van der Waals surface area (Å²) >= 11 is 17.1. The van der Waals surface area contributed by atoms with Gasteiger partial charge in [-0.25, -0.2) is 4.68 Å². The Balaban J connectivity index is 1.64. The molecule has 0 fully saturated rings. The normalized spacial score (nSPS) is 10.6. The molecule has 1 amide bonds. The summed E-state index contributed by atoms with van der Waals surface area (Å²) in [4.78, 5) is 12.3. The Morgan fingerprint density at radius 3 is 2.81 bits per heavy atom. The van der Waals surface area contributed by atoms with E-state index in [1.54, 1.807) is 18.2 Å². The maximum Gasteiger partial charge on any atom is 0.287 e. The second-order valence-corrected chi connectivity index (χ2v) is 6.76. The highest BCUT2D eigenvalue weighted by atomic mass is 35.5. The van der Waals surface area contributed by atoms with Crippen LogP contribution in [0.5, 0.6) is 5.75 Å². The first-order valence-corrected chi connectivity index (χ1v) is 9.09. The zero-order valence-corrected chi connectivity index (χ0v) is 16.6. The first-order valence-electron chi connectivity index (χ1n) is 7.93. The average molecular weight is 424 g/mol. The fourth-order valence-corrected chi connectivity index (χ4v) is 2.84. The first-order chi connectivity index (χ1) is 12.9. The Labute approximate surface area is 170 Å². The molecule has 0 aliphatic heterocycles. The SMILES string of the molecule is Cc1ccccc1OCc1nn(CC(=O)Nc2cccc(Cl)c2Cl)c(=S)o1. The van der Waals surface area contributed by atoms with Crippen LogP contribution in [0.25, 0.3) is 0 Å². The summed E-state index contributed by atoms with van der Waals surface area (Å²) in [6, 6.07) is 12.6. The van der Waals surface area contributed by atoms with Crippen LogP contribution >= 0.6 is 35.4 Å². The van der Waals surface area contributed by atoms with Crippen molar-refractivity contribution < 1.29 is 13.9 Å². The van der Waals surface area contributed by atoms with E-state index in [-0.39, 0.29) is 34.8 Å². The number of amides is 1. The highest BCUT2D eigenvalue weighted by Crippen LogP contribution is 2.29. The molecule has 1 N–H and O–H groups in total. The minimum atomic E-state index is -0.366. The highest BCUT2D eigenvalue weighted by Gasteiger charge is 2.13. The number of aryl methyl sites for hydroxylation is 1. The molecule has 2 aromatic carbocycles. The van der Waals surface area contributed by atoms with Crippen molar-refractivity contribution in [1.82, 2.24) is 9.78 Å². The number of nitrogens with one attached hydrogen (secondary N) is 1. The molecule has 1 heterocycles. The zero-order valence-electron chi connectivity index (χ0n) is 14.2. The zero-order chi connectivity index (χ0) is 19.4. The van der Waals surface area contributed by atoms with Crippen LogP contribution in [0.2, 0.25) is 10.0 Å². The maximum absolute atomic E-state index is 12.2. The lowest BCUT2D eigenvalue weighted by Crippen LogP contribution is -2.20. The molecule has 0 saturated heterocycles. The molecule has 0 saturated carbocycles. The number of carbonyl (C=O) groups excluding carboxylic acids is 1. The molecule has 0 spiro atoms. The fourth-order valence-electron chi connectivity index (χ4n) is 2.29. The summed E-state index contributed by atoms with van der Waals surface area (Å²) < 4.78 is 12.3. The molecule has 27 heavy (non-hydrogen) atoms. The summed E-state index contributed by atoms with van der Waals surface area (Å²) in [5.74, 6) is 0.633. The number of ether oxygens (including phenoxy) is 1. The summed E-state index contributed by atoms with van der Waals surface area (Å²) in [7, 11) is 0. The van der Waals surface area contributed by atoms with Gasteiger partial charge in [-0.15, -0.1) is 5.10 Å². The van der Waals surface area contributed by atoms with Crippen LogP contribution < -0.4 is 10.1 Å². The number of para-hydroxylation sites is 1. The van der Waals surface area contributed by atoms with Crippen LogP contribution in [-0.4, -0.2) is 15.7 Å². The first kappa shape index (κ1) is 19.4. The number of hydrogen-bond acceptors (Lipinski definition) is 5. The topological polar surface area (TPSA) is 69.3 Å². The van der Waals surface area contributed by atoms with Crippen LogP contribution in [0, 0.1) is 11.8 Å². The number of rotatable bonds is 6. The standard InChI is InChI=1S/C18H15Cl2N3O3S/c1-11-5-2-3-8-14(11)25-10-16-22-23(18(27)26-16)9-15(24)21-13-7-4-6-12(19)17(13)20/h2-8H,9-10H2,1H3,(H,21,24). The molecule has 0 bridgehead atoms. The molecule has 0 aliphatic carbocycles. The van der Waals surface area contributed by atoms with E-state index in [0.717, 1.165) is 11.3 Å². The molecular weight excluding hydrogens is 409 g/mol. The minimum Gasteiger partial charge on any atom is -0.484 e. The van der Waals surface area contributed by atoms with Crippen molar-refractivity contribution >= 4 is 47.0 Å². The smallest absolute Gasteiger partial charge is 0.287 e. The van der Waals surface area contributed by atoms with Gasteiger partial charge in [0.2, 0.25) is 5.91 Å². The predicted octanol–water partition coefficient (Wildman–Crippen LogP) is 5.04. The molecule has 1 aromatic heterocycles. The third-order valence-corrected chi connectivity index (χ3v) is 4.72. The second kappa shape index (κ2) is 8.56. The third-order valence-electron chi connectivity index (χ3n) is 3.61. The number of benzene rings is 2. The van der Waals surface area contributed by atoms with Crippen molar-refractivity contribution in [2.75, 3.05) is 5.32 Å². The highest BCUT2D eigenvalue weighted by molar-refractivity contribution is 7.71. The van der Waals surface area contributed by atoms with Gasteiger partial charge >= 0.3 is 0 Å². The third kappa shape index (κ3) is 4.88. The quantitative estimate of drug-likeness (QED) is 0.562. The number of anilines is 1. The van der Waals surface area contributed by atoms with Crippen LogP contribution in [0.3, 0.4) is 0 Å². The number of aromatic nitrogens is 2. The molecule has 0 radical (unpaired) electrons. The van der Waals surface area contributed by atoms with Crippen molar-refractivity contribution in [3.8, 4) is 5.75 Å². The van der Waals surface area contributed by atoms with Gasteiger partial charge in [-0.2, -0.15) is 0 Å². The van der Waals surface area contributed by atoms with E-state index in [9.17, 15) is 4.79 Å². The van der Waals surface area contributed by atoms with E-state index < -0.39 is 0 Å². The number of nitrogens with zero attached hydrogens (tertiary/aromatic N) is 2. The van der Waals surface area contributed by atoms with Crippen LogP contribution in [0.1, 0.15) is 11.5 Å². The van der Waals surface area contributed by atoms with Gasteiger partial charge in [0, 0.05) is 0 Å². The van der Waals surface area contributed by atoms with Crippen LogP contribution in [0.15, 0.2) is 46.9 Å². The second-order valence-electron chi connectivity index (χ2n) is 5.62. The molecule has 3 rings (SSSR count). The number of halogens is 2. The Morgan fingerprint density at radius 1 is 1.26 bits per heavy atom.